The van der Waals surface area contributed by atoms with Gasteiger partial charge in [0, 0.05) is 23.8 Å². The van der Waals surface area contributed by atoms with E-state index in [2.05, 4.69) is 30.5 Å². The van der Waals surface area contributed by atoms with Gasteiger partial charge in [0.2, 0.25) is 5.91 Å². The molecule has 0 saturated carbocycles. The molecule has 3 heteroatoms. The molecule has 1 atom stereocenters. The van der Waals surface area contributed by atoms with Crippen molar-refractivity contribution in [2.45, 2.75) is 33.6 Å². The largest absolute Gasteiger partial charge is 0.385 e. The van der Waals surface area contributed by atoms with Gasteiger partial charge in [-0.05, 0) is 36.5 Å². The molecule has 0 fully saturated rings. The molecule has 0 aromatic heterocycles. The Balaban J connectivity index is 2.17. The van der Waals surface area contributed by atoms with Crippen LogP contribution in [0.3, 0.4) is 0 Å². The van der Waals surface area contributed by atoms with Crippen molar-refractivity contribution in [1.82, 2.24) is 0 Å². The van der Waals surface area contributed by atoms with Crippen LogP contribution in [-0.2, 0) is 11.2 Å². The molecular weight excluding hydrogens is 224 g/mol. The Labute approximate surface area is 109 Å². The van der Waals surface area contributed by atoms with Crippen molar-refractivity contribution in [3.05, 3.63) is 23.8 Å². The maximum atomic E-state index is 12.1. The molecule has 1 heterocycles. The van der Waals surface area contributed by atoms with Gasteiger partial charge in [-0.2, -0.15) is 0 Å². The minimum Gasteiger partial charge on any atom is -0.385 e. The summed E-state index contributed by atoms with van der Waals surface area (Å²) in [6, 6.07) is 6.07. The van der Waals surface area contributed by atoms with E-state index >= 15 is 0 Å². The summed E-state index contributed by atoms with van der Waals surface area (Å²) in [4.78, 5) is 12.1. The van der Waals surface area contributed by atoms with Gasteiger partial charge in [0.15, 0.2) is 0 Å². The molecule has 0 bridgehead atoms. The summed E-state index contributed by atoms with van der Waals surface area (Å²) < 4.78 is 0. The van der Waals surface area contributed by atoms with Gasteiger partial charge in [0.25, 0.3) is 0 Å². The van der Waals surface area contributed by atoms with Crippen molar-refractivity contribution >= 4 is 17.3 Å². The van der Waals surface area contributed by atoms with E-state index in [9.17, 15) is 4.79 Å². The van der Waals surface area contributed by atoms with Gasteiger partial charge in [-0.3, -0.25) is 4.79 Å². The smallest absolute Gasteiger partial charge is 0.227 e. The summed E-state index contributed by atoms with van der Waals surface area (Å²) in [6.45, 7) is 7.15. The number of hydrogen-bond donors (Lipinski definition) is 2. The monoisotopic (exact) mass is 246 g/mol. The van der Waals surface area contributed by atoms with Crippen molar-refractivity contribution < 1.29 is 4.79 Å². The number of fused-ring (bicyclic) bond motifs is 1. The van der Waals surface area contributed by atoms with Crippen LogP contribution in [0.5, 0.6) is 0 Å². The number of rotatable bonds is 3. The highest BCUT2D eigenvalue weighted by Gasteiger charge is 2.19. The molecule has 0 radical (unpaired) electrons. The first-order valence-corrected chi connectivity index (χ1v) is 6.76. The summed E-state index contributed by atoms with van der Waals surface area (Å²) in [6.07, 6.45) is 2.16. The van der Waals surface area contributed by atoms with Crippen LogP contribution in [-0.4, -0.2) is 12.5 Å². The highest BCUT2D eigenvalue weighted by molar-refractivity contribution is 5.94. The SMILES string of the molecule is CC(C)C(C)C(=O)Nc1cccc2c1CCCN2. The third kappa shape index (κ3) is 2.66. The molecule has 3 nitrogen and oxygen atoms in total. The third-order valence-electron chi connectivity index (χ3n) is 3.77. The molecule has 1 aromatic carbocycles. The quantitative estimate of drug-likeness (QED) is 0.859. The molecule has 0 spiro atoms. The van der Waals surface area contributed by atoms with E-state index < -0.39 is 0 Å². The lowest BCUT2D eigenvalue weighted by atomic mass is 9.96. The van der Waals surface area contributed by atoms with E-state index in [-0.39, 0.29) is 11.8 Å². The van der Waals surface area contributed by atoms with Crippen molar-refractivity contribution in [1.29, 1.82) is 0 Å². The number of carbonyl (C=O) groups is 1. The lowest BCUT2D eigenvalue weighted by Gasteiger charge is -2.22. The molecular formula is C15H22N2O. The molecule has 2 rings (SSSR count). The number of anilines is 2. The van der Waals surface area contributed by atoms with Crippen molar-refractivity contribution in [3.8, 4) is 0 Å². The molecule has 98 valence electrons. The Morgan fingerprint density at radius 2 is 2.11 bits per heavy atom. The van der Waals surface area contributed by atoms with Crippen LogP contribution in [0.4, 0.5) is 11.4 Å². The number of amides is 1. The average Bonchev–Trinajstić information content (AvgIpc) is 2.38. The van der Waals surface area contributed by atoms with Crippen molar-refractivity contribution in [3.63, 3.8) is 0 Å². The second kappa shape index (κ2) is 5.42. The Morgan fingerprint density at radius 1 is 1.33 bits per heavy atom. The van der Waals surface area contributed by atoms with Gasteiger partial charge < -0.3 is 10.6 Å². The zero-order valence-corrected chi connectivity index (χ0v) is 11.4. The molecule has 1 aliphatic heterocycles. The standard InChI is InChI=1S/C15H22N2O/c1-10(2)11(3)15(18)17-14-8-4-7-13-12(14)6-5-9-16-13/h4,7-8,10-11,16H,5-6,9H2,1-3H3,(H,17,18). The van der Waals surface area contributed by atoms with Gasteiger partial charge in [-0.25, -0.2) is 0 Å². The molecule has 18 heavy (non-hydrogen) atoms. The number of hydrogen-bond acceptors (Lipinski definition) is 2. The fourth-order valence-corrected chi connectivity index (χ4v) is 2.18. The molecule has 2 N–H and O–H groups in total. The topological polar surface area (TPSA) is 41.1 Å². The van der Waals surface area contributed by atoms with Crippen LogP contribution in [0.25, 0.3) is 0 Å². The predicted octanol–water partition coefficient (Wildman–Crippen LogP) is 3.28. The van der Waals surface area contributed by atoms with E-state index in [1.165, 1.54) is 5.56 Å². The normalized spacial score (nSPS) is 15.8. The van der Waals surface area contributed by atoms with E-state index in [1.54, 1.807) is 0 Å². The maximum Gasteiger partial charge on any atom is 0.227 e. The first-order valence-electron chi connectivity index (χ1n) is 6.76. The fraction of sp³-hybridized carbons (Fsp3) is 0.533. The van der Waals surface area contributed by atoms with Gasteiger partial charge in [-0.1, -0.05) is 26.8 Å². The van der Waals surface area contributed by atoms with Crippen LogP contribution >= 0.6 is 0 Å². The molecule has 0 saturated heterocycles. The number of nitrogens with one attached hydrogen (secondary N) is 2. The van der Waals surface area contributed by atoms with E-state index in [1.807, 2.05) is 19.1 Å². The zero-order valence-electron chi connectivity index (χ0n) is 11.4. The lowest BCUT2D eigenvalue weighted by Crippen LogP contribution is -2.25. The Morgan fingerprint density at radius 3 is 2.83 bits per heavy atom. The summed E-state index contributed by atoms with van der Waals surface area (Å²) in [5.41, 5.74) is 3.38. The maximum absolute atomic E-state index is 12.1. The summed E-state index contributed by atoms with van der Waals surface area (Å²) in [7, 11) is 0. The van der Waals surface area contributed by atoms with Gasteiger partial charge in [-0.15, -0.1) is 0 Å². The first kappa shape index (κ1) is 12.9. The first-order chi connectivity index (χ1) is 8.59. The van der Waals surface area contributed by atoms with Gasteiger partial charge in [0.1, 0.15) is 0 Å². The molecule has 1 aromatic rings. The highest BCUT2D eigenvalue weighted by Crippen LogP contribution is 2.29. The zero-order chi connectivity index (χ0) is 13.1. The number of carbonyl (C=O) groups excluding carboxylic acids is 1. The summed E-state index contributed by atoms with van der Waals surface area (Å²) in [5.74, 6) is 0.518. The lowest BCUT2D eigenvalue weighted by molar-refractivity contribution is -0.120. The molecule has 0 aliphatic carbocycles. The minimum absolute atomic E-state index is 0.0393. The van der Waals surface area contributed by atoms with E-state index in [4.69, 9.17) is 0 Å². The Hall–Kier alpha value is -1.51. The summed E-state index contributed by atoms with van der Waals surface area (Å²) in [5, 5.41) is 6.45. The second-order valence-corrected chi connectivity index (χ2v) is 5.38. The van der Waals surface area contributed by atoms with Crippen LogP contribution in [0.15, 0.2) is 18.2 Å². The Kier molecular flexibility index (Phi) is 3.90. The highest BCUT2D eigenvalue weighted by atomic mass is 16.1. The van der Waals surface area contributed by atoms with Gasteiger partial charge >= 0.3 is 0 Å². The molecule has 1 unspecified atom stereocenters. The third-order valence-corrected chi connectivity index (χ3v) is 3.77. The van der Waals surface area contributed by atoms with E-state index in [0.717, 1.165) is 30.8 Å². The van der Waals surface area contributed by atoms with Crippen molar-refractivity contribution in [2.75, 3.05) is 17.2 Å². The van der Waals surface area contributed by atoms with Crippen LogP contribution in [0.1, 0.15) is 32.8 Å². The second-order valence-electron chi connectivity index (χ2n) is 5.38. The molecule has 1 amide bonds. The summed E-state index contributed by atoms with van der Waals surface area (Å²) >= 11 is 0. The average molecular weight is 246 g/mol. The Bertz CT molecular complexity index is 440. The fourth-order valence-electron chi connectivity index (χ4n) is 2.18. The van der Waals surface area contributed by atoms with Crippen LogP contribution < -0.4 is 10.6 Å². The van der Waals surface area contributed by atoms with Crippen LogP contribution in [0.2, 0.25) is 0 Å². The van der Waals surface area contributed by atoms with Crippen LogP contribution in [0, 0.1) is 11.8 Å². The van der Waals surface area contributed by atoms with Gasteiger partial charge in [0.05, 0.1) is 0 Å². The predicted molar refractivity (Wildman–Crippen MR) is 75.9 cm³/mol. The number of benzene rings is 1. The molecule has 1 aliphatic rings. The van der Waals surface area contributed by atoms with Crippen molar-refractivity contribution in [2.24, 2.45) is 11.8 Å². The van der Waals surface area contributed by atoms with E-state index in [0.29, 0.717) is 5.92 Å². The minimum atomic E-state index is 0.0393.